The molecule has 0 aliphatic carbocycles. The maximum atomic E-state index is 8.91. The summed E-state index contributed by atoms with van der Waals surface area (Å²) in [5.74, 6) is 0. The number of aliphatic hydroxyl groups excluding tert-OH is 1. The summed E-state index contributed by atoms with van der Waals surface area (Å²) < 4.78 is 0. The fourth-order valence-corrected chi connectivity index (χ4v) is 1.43. The first-order valence-electron chi connectivity index (χ1n) is 5.23. The Morgan fingerprint density at radius 2 is 2.06 bits per heavy atom. The minimum absolute atomic E-state index is 0.0520. The molecule has 1 rings (SSSR count). The first-order valence-corrected chi connectivity index (χ1v) is 5.23. The summed E-state index contributed by atoms with van der Waals surface area (Å²) in [5.41, 5.74) is 7.66. The normalized spacial score (nSPS) is 11.9. The van der Waals surface area contributed by atoms with Crippen LogP contribution in [0.15, 0.2) is 24.3 Å². The van der Waals surface area contributed by atoms with Gasteiger partial charge in [0.15, 0.2) is 0 Å². The van der Waals surface area contributed by atoms with Gasteiger partial charge in [0.05, 0.1) is 25.1 Å². The van der Waals surface area contributed by atoms with E-state index in [1.165, 1.54) is 0 Å². The molecule has 4 heteroatoms. The molecule has 0 aliphatic heterocycles. The van der Waals surface area contributed by atoms with Crippen molar-refractivity contribution >= 4 is 5.69 Å². The van der Waals surface area contributed by atoms with Gasteiger partial charge >= 0.3 is 0 Å². The number of nitrogens with two attached hydrogens (primary N) is 1. The van der Waals surface area contributed by atoms with Crippen molar-refractivity contribution in [3.8, 4) is 6.07 Å². The zero-order chi connectivity index (χ0) is 12.0. The topological polar surface area (TPSA) is 73.3 Å². The second-order valence-corrected chi connectivity index (χ2v) is 3.71. The summed E-state index contributed by atoms with van der Waals surface area (Å²) in [6.07, 6.45) is 0.508. The number of anilines is 1. The lowest BCUT2D eigenvalue weighted by Gasteiger charge is -2.18. The molecule has 0 aliphatic rings. The van der Waals surface area contributed by atoms with Gasteiger partial charge in [-0.15, -0.1) is 0 Å². The van der Waals surface area contributed by atoms with Gasteiger partial charge < -0.3 is 15.7 Å². The van der Waals surface area contributed by atoms with Gasteiger partial charge in [0.2, 0.25) is 0 Å². The third-order valence-electron chi connectivity index (χ3n) is 2.52. The van der Waals surface area contributed by atoms with E-state index >= 15 is 0 Å². The lowest BCUT2D eigenvalue weighted by molar-refractivity contribution is 0.268. The van der Waals surface area contributed by atoms with E-state index in [0.29, 0.717) is 13.0 Å². The largest absolute Gasteiger partial charge is 0.394 e. The number of hydrogen-bond donors (Lipinski definition) is 2. The van der Waals surface area contributed by atoms with Crippen molar-refractivity contribution in [1.29, 1.82) is 5.26 Å². The molecule has 0 bridgehead atoms. The molecule has 0 amide bonds. The molecule has 86 valence electrons. The Labute approximate surface area is 95.9 Å². The first-order chi connectivity index (χ1) is 7.69. The van der Waals surface area contributed by atoms with Gasteiger partial charge in [-0.1, -0.05) is 12.1 Å². The summed E-state index contributed by atoms with van der Waals surface area (Å²) in [7, 11) is 1.94. The number of nitriles is 1. The van der Waals surface area contributed by atoms with E-state index < -0.39 is 0 Å². The standard InChI is InChI=1S/C12H17N3O/c1-15(8-2-7-13)11-5-3-10(4-6-11)12(14)9-16/h3-6,12,16H,2,8-9,14H2,1H3/t12-/m0/s1. The molecule has 0 aromatic heterocycles. The van der Waals surface area contributed by atoms with E-state index in [2.05, 4.69) is 6.07 Å². The average Bonchev–Trinajstić information content (AvgIpc) is 2.35. The van der Waals surface area contributed by atoms with Crippen LogP contribution < -0.4 is 10.6 Å². The molecular weight excluding hydrogens is 202 g/mol. The highest BCUT2D eigenvalue weighted by Gasteiger charge is 2.05. The van der Waals surface area contributed by atoms with Crippen molar-refractivity contribution in [1.82, 2.24) is 0 Å². The molecule has 1 atom stereocenters. The Kier molecular flexibility index (Phi) is 4.77. The number of aliphatic hydroxyl groups is 1. The van der Waals surface area contributed by atoms with Gasteiger partial charge in [-0.2, -0.15) is 5.26 Å². The van der Waals surface area contributed by atoms with Crippen LogP contribution in [0.5, 0.6) is 0 Å². The number of nitrogens with zero attached hydrogens (tertiary/aromatic N) is 2. The highest BCUT2D eigenvalue weighted by atomic mass is 16.3. The van der Waals surface area contributed by atoms with Crippen molar-refractivity contribution in [2.45, 2.75) is 12.5 Å². The zero-order valence-electron chi connectivity index (χ0n) is 9.43. The highest BCUT2D eigenvalue weighted by molar-refractivity contribution is 5.47. The van der Waals surface area contributed by atoms with Crippen LogP contribution in [0.1, 0.15) is 18.0 Å². The maximum Gasteiger partial charge on any atom is 0.0640 e. The Hall–Kier alpha value is -1.57. The van der Waals surface area contributed by atoms with Crippen LogP contribution in [0.2, 0.25) is 0 Å². The van der Waals surface area contributed by atoms with Crippen LogP contribution in [-0.4, -0.2) is 25.3 Å². The Morgan fingerprint density at radius 1 is 1.44 bits per heavy atom. The molecule has 0 unspecified atom stereocenters. The molecule has 1 aromatic carbocycles. The summed E-state index contributed by atoms with van der Waals surface area (Å²) in [6, 6.07) is 9.49. The SMILES string of the molecule is CN(CCC#N)c1ccc([C@@H](N)CO)cc1. The average molecular weight is 219 g/mol. The summed E-state index contributed by atoms with van der Waals surface area (Å²) in [6.45, 7) is 0.658. The molecule has 0 heterocycles. The van der Waals surface area contributed by atoms with Gasteiger partial charge in [-0.25, -0.2) is 0 Å². The van der Waals surface area contributed by atoms with E-state index in [-0.39, 0.29) is 12.6 Å². The minimum Gasteiger partial charge on any atom is -0.394 e. The van der Waals surface area contributed by atoms with Gasteiger partial charge in [0.1, 0.15) is 0 Å². The molecule has 3 N–H and O–H groups in total. The van der Waals surface area contributed by atoms with E-state index in [9.17, 15) is 0 Å². The quantitative estimate of drug-likeness (QED) is 0.775. The van der Waals surface area contributed by atoms with E-state index in [0.717, 1.165) is 11.3 Å². The van der Waals surface area contributed by atoms with E-state index in [4.69, 9.17) is 16.1 Å². The van der Waals surface area contributed by atoms with Crippen LogP contribution in [-0.2, 0) is 0 Å². The number of benzene rings is 1. The molecule has 4 nitrogen and oxygen atoms in total. The van der Waals surface area contributed by atoms with Gasteiger partial charge in [0.25, 0.3) is 0 Å². The Bertz CT molecular complexity index is 356. The first kappa shape index (κ1) is 12.5. The Morgan fingerprint density at radius 3 is 2.56 bits per heavy atom. The molecule has 0 saturated heterocycles. The predicted molar refractivity (Wildman–Crippen MR) is 64.0 cm³/mol. The predicted octanol–water partition coefficient (Wildman–Crippen LogP) is 1.03. The molecule has 0 spiro atoms. The van der Waals surface area contributed by atoms with Crippen LogP contribution in [0.4, 0.5) is 5.69 Å². The molecule has 0 radical (unpaired) electrons. The monoisotopic (exact) mass is 219 g/mol. The van der Waals surface area contributed by atoms with Gasteiger partial charge in [-0.3, -0.25) is 0 Å². The molecule has 0 saturated carbocycles. The van der Waals surface area contributed by atoms with Crippen molar-refractivity contribution in [3.63, 3.8) is 0 Å². The molecule has 16 heavy (non-hydrogen) atoms. The van der Waals surface area contributed by atoms with Crippen LogP contribution in [0.3, 0.4) is 0 Å². The zero-order valence-corrected chi connectivity index (χ0v) is 9.43. The van der Waals surface area contributed by atoms with Crippen molar-refractivity contribution in [2.24, 2.45) is 5.73 Å². The van der Waals surface area contributed by atoms with Crippen LogP contribution in [0.25, 0.3) is 0 Å². The third-order valence-corrected chi connectivity index (χ3v) is 2.52. The maximum absolute atomic E-state index is 8.91. The van der Waals surface area contributed by atoms with E-state index in [1.807, 2.05) is 36.2 Å². The highest BCUT2D eigenvalue weighted by Crippen LogP contribution is 2.17. The lowest BCUT2D eigenvalue weighted by Crippen LogP contribution is -2.18. The van der Waals surface area contributed by atoms with E-state index in [1.54, 1.807) is 0 Å². The fraction of sp³-hybridized carbons (Fsp3) is 0.417. The second kappa shape index (κ2) is 6.11. The smallest absolute Gasteiger partial charge is 0.0640 e. The molecule has 0 fully saturated rings. The van der Waals surface area contributed by atoms with Crippen LogP contribution >= 0.6 is 0 Å². The molecular formula is C12H17N3O. The minimum atomic E-state index is -0.321. The summed E-state index contributed by atoms with van der Waals surface area (Å²) in [4.78, 5) is 2.01. The summed E-state index contributed by atoms with van der Waals surface area (Å²) in [5, 5.41) is 17.4. The summed E-state index contributed by atoms with van der Waals surface area (Å²) >= 11 is 0. The second-order valence-electron chi connectivity index (χ2n) is 3.71. The third kappa shape index (κ3) is 3.23. The van der Waals surface area contributed by atoms with Crippen LogP contribution in [0, 0.1) is 11.3 Å². The lowest BCUT2D eigenvalue weighted by atomic mass is 10.1. The molecule has 1 aromatic rings. The number of hydrogen-bond acceptors (Lipinski definition) is 4. The Balaban J connectivity index is 2.67. The van der Waals surface area contributed by atoms with Gasteiger partial charge in [0, 0.05) is 19.3 Å². The van der Waals surface area contributed by atoms with Crippen molar-refractivity contribution < 1.29 is 5.11 Å². The fourth-order valence-electron chi connectivity index (χ4n) is 1.43. The van der Waals surface area contributed by atoms with Crippen molar-refractivity contribution in [2.75, 3.05) is 25.1 Å². The van der Waals surface area contributed by atoms with Gasteiger partial charge in [-0.05, 0) is 17.7 Å². The van der Waals surface area contributed by atoms with Crippen molar-refractivity contribution in [3.05, 3.63) is 29.8 Å². The number of rotatable bonds is 5.